The Morgan fingerprint density at radius 1 is 1.48 bits per heavy atom. The van der Waals surface area contributed by atoms with Crippen molar-refractivity contribution in [2.45, 2.75) is 18.9 Å². The summed E-state index contributed by atoms with van der Waals surface area (Å²) < 4.78 is 5.03. The number of hydrogen-bond donors (Lipinski definition) is 1. The Morgan fingerprint density at radius 3 is 2.90 bits per heavy atom. The lowest BCUT2D eigenvalue weighted by molar-refractivity contribution is -0.133. The molecule has 7 nitrogen and oxygen atoms in total. The highest BCUT2D eigenvalue weighted by Gasteiger charge is 2.34. The quantitative estimate of drug-likeness (QED) is 0.757. The Balaban J connectivity index is 2.08. The van der Waals surface area contributed by atoms with Crippen molar-refractivity contribution in [3.8, 4) is 0 Å². The molecule has 1 saturated heterocycles. The smallest absolute Gasteiger partial charge is 0.245 e. The van der Waals surface area contributed by atoms with Crippen molar-refractivity contribution in [2.75, 3.05) is 44.9 Å². The molecule has 0 spiro atoms. The van der Waals surface area contributed by atoms with Gasteiger partial charge in [0.1, 0.15) is 6.04 Å². The Labute approximate surface area is 124 Å². The first-order valence-corrected chi connectivity index (χ1v) is 7.20. The molecule has 0 bridgehead atoms. The number of nitrogens with zero attached hydrogens (tertiary/aromatic N) is 4. The number of carbonyl (C=O) groups is 1. The van der Waals surface area contributed by atoms with Crippen molar-refractivity contribution in [3.63, 3.8) is 0 Å². The Morgan fingerprint density at radius 2 is 2.24 bits per heavy atom. The zero-order valence-electron chi connectivity index (χ0n) is 12.3. The van der Waals surface area contributed by atoms with Crippen LogP contribution >= 0.6 is 0 Å². The largest absolute Gasteiger partial charge is 0.395 e. The van der Waals surface area contributed by atoms with Crippen LogP contribution in [0.3, 0.4) is 0 Å². The van der Waals surface area contributed by atoms with Crippen LogP contribution in [0.1, 0.15) is 12.8 Å². The molecule has 0 aliphatic carbocycles. The summed E-state index contributed by atoms with van der Waals surface area (Å²) >= 11 is 0. The van der Waals surface area contributed by atoms with Gasteiger partial charge in [0.2, 0.25) is 11.9 Å². The lowest BCUT2D eigenvalue weighted by atomic mass is 10.2. The van der Waals surface area contributed by atoms with Gasteiger partial charge in [-0.2, -0.15) is 0 Å². The maximum Gasteiger partial charge on any atom is 0.245 e. The van der Waals surface area contributed by atoms with E-state index in [0.717, 1.165) is 19.4 Å². The lowest BCUT2D eigenvalue weighted by Gasteiger charge is -2.29. The molecule has 1 aromatic rings. The molecule has 2 rings (SSSR count). The van der Waals surface area contributed by atoms with E-state index in [1.807, 2.05) is 4.90 Å². The van der Waals surface area contributed by atoms with Gasteiger partial charge in [0.25, 0.3) is 0 Å². The van der Waals surface area contributed by atoms with Gasteiger partial charge >= 0.3 is 0 Å². The summed E-state index contributed by atoms with van der Waals surface area (Å²) in [6.07, 6.45) is 5.08. The highest BCUT2D eigenvalue weighted by Crippen LogP contribution is 2.23. The number of aromatic nitrogens is 2. The maximum absolute atomic E-state index is 12.7. The molecule has 0 aromatic carbocycles. The number of aliphatic hydroxyl groups excluding tert-OH is 1. The molecule has 1 amide bonds. The van der Waals surface area contributed by atoms with Crippen molar-refractivity contribution in [1.29, 1.82) is 0 Å². The first kappa shape index (κ1) is 15.7. The van der Waals surface area contributed by atoms with Crippen molar-refractivity contribution in [1.82, 2.24) is 14.9 Å². The molecule has 1 atom stereocenters. The molecule has 1 fully saturated rings. The molecule has 2 heterocycles. The van der Waals surface area contributed by atoms with Gasteiger partial charge in [-0.15, -0.1) is 0 Å². The third-order valence-corrected chi connectivity index (χ3v) is 3.59. The van der Waals surface area contributed by atoms with Gasteiger partial charge in [-0.05, 0) is 18.9 Å². The fraction of sp³-hybridized carbons (Fsp3) is 0.643. The normalized spacial score (nSPS) is 18.0. The number of rotatable bonds is 7. The summed E-state index contributed by atoms with van der Waals surface area (Å²) in [7, 11) is 1.60. The van der Waals surface area contributed by atoms with Crippen molar-refractivity contribution >= 4 is 11.9 Å². The number of ether oxygens (including phenoxy) is 1. The molecule has 0 saturated carbocycles. The number of hydrogen-bond acceptors (Lipinski definition) is 6. The van der Waals surface area contributed by atoms with Crippen LogP contribution in [0.5, 0.6) is 0 Å². The minimum absolute atomic E-state index is 0.00560. The van der Waals surface area contributed by atoms with E-state index < -0.39 is 0 Å². The fourth-order valence-corrected chi connectivity index (χ4v) is 2.57. The molecule has 1 aliphatic heterocycles. The minimum atomic E-state index is -0.254. The molecule has 1 N–H and O–H groups in total. The number of amides is 1. The second kappa shape index (κ2) is 7.90. The highest BCUT2D eigenvalue weighted by molar-refractivity contribution is 5.85. The third kappa shape index (κ3) is 3.89. The van der Waals surface area contributed by atoms with E-state index in [2.05, 4.69) is 9.97 Å². The van der Waals surface area contributed by atoms with Gasteiger partial charge in [-0.3, -0.25) is 4.79 Å². The van der Waals surface area contributed by atoms with E-state index >= 15 is 0 Å². The van der Waals surface area contributed by atoms with Crippen LogP contribution in [-0.2, 0) is 9.53 Å². The summed E-state index contributed by atoms with van der Waals surface area (Å²) in [5.41, 5.74) is 0. The van der Waals surface area contributed by atoms with E-state index in [4.69, 9.17) is 9.84 Å². The zero-order valence-corrected chi connectivity index (χ0v) is 12.3. The van der Waals surface area contributed by atoms with Crippen LogP contribution < -0.4 is 4.90 Å². The number of methoxy groups -OCH3 is 1. The summed E-state index contributed by atoms with van der Waals surface area (Å²) in [4.78, 5) is 24.7. The van der Waals surface area contributed by atoms with Crippen LogP contribution in [0, 0.1) is 0 Å². The molecule has 7 heteroatoms. The van der Waals surface area contributed by atoms with Crippen LogP contribution in [0.4, 0.5) is 5.95 Å². The number of anilines is 1. The molecular formula is C14H22N4O3. The monoisotopic (exact) mass is 294 g/mol. The van der Waals surface area contributed by atoms with Crippen molar-refractivity contribution in [2.24, 2.45) is 0 Å². The molecule has 0 radical (unpaired) electrons. The molecule has 116 valence electrons. The topological polar surface area (TPSA) is 78.8 Å². The first-order chi connectivity index (χ1) is 10.3. The summed E-state index contributed by atoms with van der Waals surface area (Å²) in [5.74, 6) is 0.593. The highest BCUT2D eigenvalue weighted by atomic mass is 16.5. The zero-order chi connectivity index (χ0) is 15.1. The average molecular weight is 294 g/mol. The predicted molar refractivity (Wildman–Crippen MR) is 77.9 cm³/mol. The predicted octanol–water partition coefficient (Wildman–Crippen LogP) is -0.0873. The molecule has 21 heavy (non-hydrogen) atoms. The molecule has 1 unspecified atom stereocenters. The van der Waals surface area contributed by atoms with Crippen molar-refractivity contribution < 1.29 is 14.6 Å². The van der Waals surface area contributed by atoms with E-state index in [1.165, 1.54) is 0 Å². The summed E-state index contributed by atoms with van der Waals surface area (Å²) in [6.45, 7) is 1.99. The van der Waals surface area contributed by atoms with Crippen molar-refractivity contribution in [3.05, 3.63) is 18.5 Å². The Bertz CT molecular complexity index is 443. The van der Waals surface area contributed by atoms with Crippen LogP contribution in [0.25, 0.3) is 0 Å². The molecular weight excluding hydrogens is 272 g/mol. The van der Waals surface area contributed by atoms with E-state index in [0.29, 0.717) is 25.6 Å². The van der Waals surface area contributed by atoms with Gasteiger partial charge in [0.15, 0.2) is 0 Å². The maximum atomic E-state index is 12.7. The fourth-order valence-electron chi connectivity index (χ4n) is 2.57. The standard InChI is InChI=1S/C14H22N4O3/c1-21-11-9-17(8-10-19)13(20)12-4-2-7-18(12)14-15-5-3-6-16-14/h3,5-6,12,19H,2,4,7-11H2,1H3. The van der Waals surface area contributed by atoms with Gasteiger partial charge in [0, 0.05) is 39.1 Å². The van der Waals surface area contributed by atoms with Gasteiger partial charge in [-0.25, -0.2) is 9.97 Å². The van der Waals surface area contributed by atoms with Gasteiger partial charge in [-0.1, -0.05) is 0 Å². The van der Waals surface area contributed by atoms with Gasteiger partial charge in [0.05, 0.1) is 13.2 Å². The van der Waals surface area contributed by atoms with Crippen LogP contribution in [0.2, 0.25) is 0 Å². The van der Waals surface area contributed by atoms with E-state index in [-0.39, 0.29) is 18.6 Å². The van der Waals surface area contributed by atoms with E-state index in [9.17, 15) is 4.79 Å². The minimum Gasteiger partial charge on any atom is -0.395 e. The molecule has 1 aliphatic rings. The van der Waals surface area contributed by atoms with Crippen LogP contribution in [0.15, 0.2) is 18.5 Å². The SMILES string of the molecule is COCCN(CCO)C(=O)C1CCCN1c1ncccn1. The third-order valence-electron chi connectivity index (χ3n) is 3.59. The number of carbonyl (C=O) groups excluding carboxylic acids is 1. The van der Waals surface area contributed by atoms with Crippen LogP contribution in [-0.4, -0.2) is 71.9 Å². The van der Waals surface area contributed by atoms with E-state index in [1.54, 1.807) is 30.5 Å². The Kier molecular flexibility index (Phi) is 5.89. The first-order valence-electron chi connectivity index (χ1n) is 7.20. The van der Waals surface area contributed by atoms with Gasteiger partial charge < -0.3 is 19.6 Å². The summed E-state index contributed by atoms with van der Waals surface area (Å²) in [5, 5.41) is 9.14. The molecule has 1 aromatic heterocycles. The summed E-state index contributed by atoms with van der Waals surface area (Å²) in [6, 6.07) is 1.50. The second-order valence-corrected chi connectivity index (χ2v) is 4.94. The Hall–Kier alpha value is -1.73. The number of aliphatic hydroxyl groups is 1. The average Bonchev–Trinajstić information content (AvgIpc) is 3.01. The lowest BCUT2D eigenvalue weighted by Crippen LogP contribution is -2.48. The second-order valence-electron chi connectivity index (χ2n) is 4.94.